The Bertz CT molecular complexity index is 1280. The van der Waals surface area contributed by atoms with E-state index >= 15 is 0 Å². The van der Waals surface area contributed by atoms with E-state index in [1.165, 1.54) is 10.4 Å². The van der Waals surface area contributed by atoms with Crippen molar-refractivity contribution in [3.63, 3.8) is 0 Å². The van der Waals surface area contributed by atoms with E-state index in [0.717, 1.165) is 0 Å². The summed E-state index contributed by atoms with van der Waals surface area (Å²) in [5, 5.41) is 7.84. The van der Waals surface area contributed by atoms with E-state index in [1.807, 2.05) is 19.9 Å². The number of sulfonamides is 1. The summed E-state index contributed by atoms with van der Waals surface area (Å²) in [4.78, 5) is 13.3. The van der Waals surface area contributed by atoms with Gasteiger partial charge in [-0.25, -0.2) is 13.1 Å². The van der Waals surface area contributed by atoms with Gasteiger partial charge in [0.2, 0.25) is 10.0 Å². The minimum Gasteiger partial charge on any atom is -0.379 e. The van der Waals surface area contributed by atoms with Gasteiger partial charge in [0, 0.05) is 29.7 Å². The molecule has 174 valence electrons. The molecule has 1 amide bonds. The van der Waals surface area contributed by atoms with Crippen molar-refractivity contribution in [2.45, 2.75) is 25.2 Å². The van der Waals surface area contributed by atoms with Crippen LogP contribution in [-0.4, -0.2) is 54.7 Å². The van der Waals surface area contributed by atoms with Gasteiger partial charge < -0.3 is 10.1 Å². The fraction of sp³-hybridized carbons (Fsp3) is 0.304. The number of nitrogens with one attached hydrogen (secondary N) is 1. The van der Waals surface area contributed by atoms with Gasteiger partial charge in [-0.05, 0) is 49.2 Å². The Hall–Kier alpha value is -2.72. The molecule has 1 aliphatic rings. The summed E-state index contributed by atoms with van der Waals surface area (Å²) in [6.07, 6.45) is 0.529. The molecule has 0 aliphatic carbocycles. The number of anilines is 1. The zero-order chi connectivity index (χ0) is 23.6. The zero-order valence-electron chi connectivity index (χ0n) is 18.4. The lowest BCUT2D eigenvalue weighted by Gasteiger charge is -2.27. The number of amides is 1. The number of carbonyl (C=O) groups excluding carboxylic acids is 1. The minimum absolute atomic E-state index is 0.152. The maximum absolute atomic E-state index is 13.3. The fourth-order valence-electron chi connectivity index (χ4n) is 3.74. The lowest BCUT2D eigenvalue weighted by molar-refractivity contribution is 0.0730. The molecule has 4 rings (SSSR count). The molecule has 8 nitrogen and oxygen atoms in total. The van der Waals surface area contributed by atoms with Crippen LogP contribution in [0.3, 0.4) is 0 Å². The highest BCUT2D eigenvalue weighted by Gasteiger charge is 2.29. The highest BCUT2D eigenvalue weighted by molar-refractivity contribution is 7.89. The summed E-state index contributed by atoms with van der Waals surface area (Å²) in [5.41, 5.74) is 2.32. The molecule has 1 N–H and O–H groups in total. The van der Waals surface area contributed by atoms with Crippen molar-refractivity contribution in [2.75, 3.05) is 31.6 Å². The van der Waals surface area contributed by atoms with Crippen molar-refractivity contribution in [2.24, 2.45) is 0 Å². The summed E-state index contributed by atoms with van der Waals surface area (Å²) in [7, 11) is -3.74. The van der Waals surface area contributed by atoms with Crippen LogP contribution in [0, 0.1) is 6.92 Å². The summed E-state index contributed by atoms with van der Waals surface area (Å²) in [6.45, 7) is 5.00. The summed E-state index contributed by atoms with van der Waals surface area (Å²) in [6, 6.07) is 13.7. The van der Waals surface area contributed by atoms with Gasteiger partial charge in [0.15, 0.2) is 0 Å². The Morgan fingerprint density at radius 2 is 1.91 bits per heavy atom. The number of carbonyl (C=O) groups is 1. The molecule has 2 aromatic carbocycles. The van der Waals surface area contributed by atoms with E-state index in [-0.39, 0.29) is 10.5 Å². The molecule has 10 heteroatoms. The summed E-state index contributed by atoms with van der Waals surface area (Å²) < 4.78 is 34.9. The van der Waals surface area contributed by atoms with Crippen LogP contribution in [0.15, 0.2) is 53.4 Å². The molecule has 1 aromatic heterocycles. The van der Waals surface area contributed by atoms with Crippen LogP contribution in [0.25, 0.3) is 5.69 Å². The first-order valence-corrected chi connectivity index (χ1v) is 12.5. The zero-order valence-corrected chi connectivity index (χ0v) is 20.0. The van der Waals surface area contributed by atoms with Gasteiger partial charge in [-0.1, -0.05) is 30.7 Å². The summed E-state index contributed by atoms with van der Waals surface area (Å²) in [5.74, 6) is 0.0242. The van der Waals surface area contributed by atoms with Crippen molar-refractivity contribution >= 4 is 33.3 Å². The van der Waals surface area contributed by atoms with E-state index in [0.29, 0.717) is 60.5 Å². The molecule has 0 unspecified atom stereocenters. The van der Waals surface area contributed by atoms with Crippen LogP contribution in [0.5, 0.6) is 0 Å². The molecule has 1 saturated heterocycles. The Morgan fingerprint density at radius 3 is 2.61 bits per heavy atom. The molecule has 3 aromatic rings. The number of halogens is 1. The molecule has 0 bridgehead atoms. The molecule has 0 atom stereocenters. The third kappa shape index (κ3) is 4.96. The second-order valence-electron chi connectivity index (χ2n) is 7.71. The van der Waals surface area contributed by atoms with Crippen molar-refractivity contribution in [3.05, 3.63) is 70.4 Å². The van der Waals surface area contributed by atoms with Gasteiger partial charge in [0.1, 0.15) is 5.82 Å². The van der Waals surface area contributed by atoms with E-state index < -0.39 is 15.9 Å². The quantitative estimate of drug-likeness (QED) is 0.571. The number of hydrogen-bond donors (Lipinski definition) is 1. The number of rotatable bonds is 6. The normalized spacial score (nSPS) is 14.9. The molecule has 0 radical (unpaired) electrons. The number of hydrogen-bond acceptors (Lipinski definition) is 5. The van der Waals surface area contributed by atoms with Gasteiger partial charge >= 0.3 is 0 Å². The second-order valence-corrected chi connectivity index (χ2v) is 10.1. The Kier molecular flexibility index (Phi) is 6.85. The van der Waals surface area contributed by atoms with Crippen LogP contribution in [0.2, 0.25) is 5.02 Å². The number of ether oxygens (including phenoxy) is 1. The third-order valence-electron chi connectivity index (χ3n) is 5.42. The van der Waals surface area contributed by atoms with Gasteiger partial charge in [0.25, 0.3) is 5.91 Å². The van der Waals surface area contributed by atoms with Crippen LogP contribution >= 0.6 is 11.6 Å². The highest BCUT2D eigenvalue weighted by Crippen LogP contribution is 2.25. The molecule has 0 spiro atoms. The predicted molar refractivity (Wildman–Crippen MR) is 127 cm³/mol. The Morgan fingerprint density at radius 1 is 1.15 bits per heavy atom. The SMILES string of the molecule is CCc1ccc(C(=O)Nc2cc(C)nn2-c2cccc(Cl)c2)cc1S(=O)(=O)N1CCOCC1. The molecule has 1 fully saturated rings. The number of nitrogens with zero attached hydrogens (tertiary/aromatic N) is 3. The average Bonchev–Trinajstić information content (AvgIpc) is 3.19. The average molecular weight is 489 g/mol. The van der Waals surface area contributed by atoms with Crippen LogP contribution < -0.4 is 5.32 Å². The maximum Gasteiger partial charge on any atom is 0.256 e. The monoisotopic (exact) mass is 488 g/mol. The first-order chi connectivity index (χ1) is 15.8. The number of morpholine rings is 1. The van der Waals surface area contributed by atoms with Crippen molar-refractivity contribution < 1.29 is 17.9 Å². The summed E-state index contributed by atoms with van der Waals surface area (Å²) >= 11 is 6.11. The topological polar surface area (TPSA) is 93.5 Å². The van der Waals surface area contributed by atoms with E-state index in [2.05, 4.69) is 10.4 Å². The van der Waals surface area contributed by atoms with E-state index in [9.17, 15) is 13.2 Å². The minimum atomic E-state index is -3.74. The van der Waals surface area contributed by atoms with Crippen LogP contribution in [0.1, 0.15) is 28.5 Å². The van der Waals surface area contributed by atoms with Crippen molar-refractivity contribution in [1.82, 2.24) is 14.1 Å². The largest absolute Gasteiger partial charge is 0.379 e. The number of benzene rings is 2. The smallest absolute Gasteiger partial charge is 0.256 e. The number of aromatic nitrogens is 2. The van der Waals surface area contributed by atoms with E-state index in [1.54, 1.807) is 41.1 Å². The van der Waals surface area contributed by atoms with Crippen molar-refractivity contribution in [1.29, 1.82) is 0 Å². The van der Waals surface area contributed by atoms with Gasteiger partial charge in [-0.3, -0.25) is 4.79 Å². The number of aryl methyl sites for hydroxylation is 2. The standard InChI is InChI=1S/C23H25ClN4O4S/c1-3-17-7-8-18(14-21(17)33(30,31)27-9-11-32-12-10-27)23(29)25-22-13-16(2)26-28(22)20-6-4-5-19(24)15-20/h4-8,13-15H,3,9-12H2,1-2H3,(H,25,29). The lowest BCUT2D eigenvalue weighted by Crippen LogP contribution is -2.41. The predicted octanol–water partition coefficient (Wildman–Crippen LogP) is 3.67. The lowest BCUT2D eigenvalue weighted by atomic mass is 10.1. The molecular weight excluding hydrogens is 464 g/mol. The van der Waals surface area contributed by atoms with Gasteiger partial charge in [-0.15, -0.1) is 0 Å². The van der Waals surface area contributed by atoms with Crippen LogP contribution in [-0.2, 0) is 21.2 Å². The molecule has 1 aliphatic heterocycles. The molecule has 0 saturated carbocycles. The van der Waals surface area contributed by atoms with Crippen molar-refractivity contribution in [3.8, 4) is 5.69 Å². The highest BCUT2D eigenvalue weighted by atomic mass is 35.5. The Balaban J connectivity index is 1.66. The maximum atomic E-state index is 13.3. The van der Waals surface area contributed by atoms with Gasteiger partial charge in [0.05, 0.1) is 29.5 Å². The Labute approximate surface area is 198 Å². The molecule has 33 heavy (non-hydrogen) atoms. The third-order valence-corrected chi connectivity index (χ3v) is 7.64. The first-order valence-electron chi connectivity index (χ1n) is 10.6. The molecular formula is C23H25ClN4O4S. The van der Waals surface area contributed by atoms with E-state index in [4.69, 9.17) is 16.3 Å². The fourth-order valence-corrected chi connectivity index (χ4v) is 5.65. The second kappa shape index (κ2) is 9.64. The van der Waals surface area contributed by atoms with Crippen LogP contribution in [0.4, 0.5) is 5.82 Å². The first kappa shape index (κ1) is 23.4. The van der Waals surface area contributed by atoms with Gasteiger partial charge in [-0.2, -0.15) is 9.40 Å². The molecule has 2 heterocycles.